The summed E-state index contributed by atoms with van der Waals surface area (Å²) >= 11 is 0. The number of ketones is 1. The van der Waals surface area contributed by atoms with Crippen LogP contribution in [0.3, 0.4) is 0 Å². The zero-order chi connectivity index (χ0) is 40.0. The molecule has 2 spiro atoms. The van der Waals surface area contributed by atoms with Crippen LogP contribution in [-0.2, 0) is 28.8 Å². The van der Waals surface area contributed by atoms with Crippen molar-refractivity contribution in [2.45, 2.75) is 189 Å². The Morgan fingerprint density at radius 1 is 0.778 bits per heavy atom. The zero-order valence-corrected chi connectivity index (χ0v) is 34.9. The monoisotopic (exact) mass is 755 g/mol. The number of nitrogens with one attached hydrogen (secondary N) is 4. The quantitative estimate of drug-likeness (QED) is 0.193. The minimum Gasteiger partial charge on any atom is -0.347 e. The van der Waals surface area contributed by atoms with Gasteiger partial charge in [-0.25, -0.2) is 0 Å². The standard InChI is InChI=1S/C42H70N6O6/c1-11-16-28(32(49)37(53)43-25(2)3)44-35(51)30-23-42(40(9,10)41(42)20-15-21-41)24-48(30)38(54)33(39(6,7)8)46-36(52)31(27-17-13-12-14-18-27)45-34(50)29-19-22-47(29)26(4)5/h25-31,33H,11-24H2,1-10H3,(H,43,53)(H,44,51)(H,45,50)(H,46,52)/t28-,29-,30-,31-,33+,42+/m0/s1. The highest BCUT2D eigenvalue weighted by Gasteiger charge is 2.85. The smallest absolute Gasteiger partial charge is 0.289 e. The zero-order valence-electron chi connectivity index (χ0n) is 34.9. The van der Waals surface area contributed by atoms with E-state index in [2.05, 4.69) is 53.9 Å². The van der Waals surface area contributed by atoms with Gasteiger partial charge < -0.3 is 26.2 Å². The summed E-state index contributed by atoms with van der Waals surface area (Å²) in [4.78, 5) is 87.5. The summed E-state index contributed by atoms with van der Waals surface area (Å²) in [6.45, 7) is 21.1. The molecule has 5 aliphatic rings. The average Bonchev–Trinajstić information content (AvgIpc) is 3.26. The second-order valence-corrected chi connectivity index (χ2v) is 19.5. The summed E-state index contributed by atoms with van der Waals surface area (Å²) in [5, 5.41) is 11.8. The number of carbonyl (C=O) groups is 6. The number of hydrogen-bond acceptors (Lipinski definition) is 7. The first kappa shape index (κ1) is 42.1. The largest absolute Gasteiger partial charge is 0.347 e. The van der Waals surface area contributed by atoms with E-state index in [1.54, 1.807) is 18.7 Å². The first-order chi connectivity index (χ1) is 25.2. The first-order valence-electron chi connectivity index (χ1n) is 21.0. The lowest BCUT2D eigenvalue weighted by Gasteiger charge is -2.44. The Morgan fingerprint density at radius 3 is 1.89 bits per heavy atom. The van der Waals surface area contributed by atoms with Crippen LogP contribution in [-0.4, -0.2) is 101 Å². The normalized spacial score (nSPS) is 27.8. The number of hydrogen-bond donors (Lipinski definition) is 4. The van der Waals surface area contributed by atoms with Crippen LogP contribution in [0.5, 0.6) is 0 Å². The number of carbonyl (C=O) groups excluding carboxylic acids is 6. The van der Waals surface area contributed by atoms with Crippen LogP contribution in [0.4, 0.5) is 0 Å². The maximum atomic E-state index is 15.1. The summed E-state index contributed by atoms with van der Waals surface area (Å²) in [5.41, 5.74) is -1.06. The number of fused-ring (bicyclic) bond motifs is 1. The predicted octanol–water partition coefficient (Wildman–Crippen LogP) is 4.24. The van der Waals surface area contributed by atoms with Crippen molar-refractivity contribution in [1.29, 1.82) is 0 Å². The molecule has 0 bridgehead atoms. The molecule has 304 valence electrons. The molecule has 5 fully saturated rings. The highest BCUT2D eigenvalue weighted by Crippen LogP contribution is 2.88. The van der Waals surface area contributed by atoms with Crippen molar-refractivity contribution in [2.75, 3.05) is 13.1 Å². The molecule has 2 heterocycles. The molecule has 0 aromatic rings. The topological polar surface area (TPSA) is 157 Å². The third kappa shape index (κ3) is 7.58. The van der Waals surface area contributed by atoms with Crippen molar-refractivity contribution < 1.29 is 28.8 Å². The fraction of sp³-hybridized carbons (Fsp3) is 0.857. The molecule has 2 saturated heterocycles. The van der Waals surface area contributed by atoms with E-state index in [1.807, 2.05) is 27.7 Å². The average molecular weight is 755 g/mol. The molecule has 2 aliphatic heterocycles. The Morgan fingerprint density at radius 2 is 1.41 bits per heavy atom. The number of likely N-dealkylation sites (tertiary alicyclic amines) is 2. The lowest BCUT2D eigenvalue weighted by Crippen LogP contribution is -2.64. The highest BCUT2D eigenvalue weighted by molar-refractivity contribution is 6.38. The molecule has 5 amide bonds. The van der Waals surface area contributed by atoms with Crippen molar-refractivity contribution in [3.8, 4) is 0 Å². The van der Waals surface area contributed by atoms with Crippen molar-refractivity contribution in [3.63, 3.8) is 0 Å². The molecule has 54 heavy (non-hydrogen) atoms. The Labute approximate surface area is 323 Å². The molecule has 3 aliphatic carbocycles. The maximum absolute atomic E-state index is 15.1. The SMILES string of the molecule is CCC[C@H](NC(=O)[C@@H]1C[C@@]2(CN1C(=O)[C@@H](NC(=O)[C@@H](NC(=O)[C@@H]1CCN1C(C)C)C1CCCCC1)C(C)(C)C)C(C)(C)C21CCC1)C(=O)C(=O)NC(C)C. The van der Waals surface area contributed by atoms with Crippen LogP contribution in [0.2, 0.25) is 0 Å². The van der Waals surface area contributed by atoms with Gasteiger partial charge in [0.05, 0.1) is 12.1 Å². The van der Waals surface area contributed by atoms with E-state index < -0.39 is 47.2 Å². The van der Waals surface area contributed by atoms with Gasteiger partial charge >= 0.3 is 0 Å². The summed E-state index contributed by atoms with van der Waals surface area (Å²) in [6, 6.07) is -3.92. The van der Waals surface area contributed by atoms with Crippen molar-refractivity contribution in [2.24, 2.45) is 27.6 Å². The number of Topliss-reactive ketones (excluding diaryl/α,β-unsaturated/α-hetero) is 1. The van der Waals surface area contributed by atoms with Gasteiger partial charge in [0, 0.05) is 30.6 Å². The fourth-order valence-corrected chi connectivity index (χ4v) is 10.8. The number of rotatable bonds is 14. The first-order valence-corrected chi connectivity index (χ1v) is 21.0. The minimum absolute atomic E-state index is 0.0333. The van der Waals surface area contributed by atoms with Crippen LogP contribution in [0.25, 0.3) is 0 Å². The van der Waals surface area contributed by atoms with Crippen LogP contribution in [0, 0.1) is 27.6 Å². The van der Waals surface area contributed by atoms with Crippen LogP contribution in [0.15, 0.2) is 0 Å². The lowest BCUT2D eigenvalue weighted by molar-refractivity contribution is -0.146. The molecule has 12 heteroatoms. The molecule has 6 atom stereocenters. The van der Waals surface area contributed by atoms with Gasteiger partial charge in [-0.15, -0.1) is 0 Å². The molecule has 0 radical (unpaired) electrons. The van der Waals surface area contributed by atoms with E-state index in [0.29, 0.717) is 25.8 Å². The molecule has 3 saturated carbocycles. The van der Waals surface area contributed by atoms with Crippen LogP contribution < -0.4 is 21.3 Å². The van der Waals surface area contributed by atoms with Gasteiger partial charge in [0.15, 0.2) is 0 Å². The lowest BCUT2D eigenvalue weighted by atomic mass is 9.73. The number of amides is 5. The third-order valence-electron chi connectivity index (χ3n) is 14.4. The Bertz CT molecular complexity index is 1460. The molecule has 4 N–H and O–H groups in total. The second-order valence-electron chi connectivity index (χ2n) is 19.5. The van der Waals surface area contributed by atoms with Crippen molar-refractivity contribution in [1.82, 2.24) is 31.1 Å². The molecule has 5 rings (SSSR count). The summed E-state index contributed by atoms with van der Waals surface area (Å²) in [7, 11) is 0. The Balaban J connectivity index is 1.42. The molecular formula is C42H70N6O6. The van der Waals surface area contributed by atoms with Crippen molar-refractivity contribution in [3.05, 3.63) is 0 Å². The van der Waals surface area contributed by atoms with E-state index >= 15 is 4.79 Å². The molecule has 0 aromatic heterocycles. The third-order valence-corrected chi connectivity index (χ3v) is 14.4. The summed E-state index contributed by atoms with van der Waals surface area (Å²) in [6.07, 6.45) is 9.98. The van der Waals surface area contributed by atoms with Crippen LogP contribution in [0.1, 0.15) is 146 Å². The fourth-order valence-electron chi connectivity index (χ4n) is 10.8. The van der Waals surface area contributed by atoms with Crippen molar-refractivity contribution >= 4 is 35.3 Å². The van der Waals surface area contributed by atoms with Gasteiger partial charge in [0.25, 0.3) is 5.91 Å². The predicted molar refractivity (Wildman–Crippen MR) is 208 cm³/mol. The Kier molecular flexibility index (Phi) is 12.4. The molecular weight excluding hydrogens is 684 g/mol. The second kappa shape index (κ2) is 15.8. The summed E-state index contributed by atoms with van der Waals surface area (Å²) < 4.78 is 0. The van der Waals surface area contributed by atoms with Crippen LogP contribution >= 0.6 is 0 Å². The number of nitrogens with zero attached hydrogens (tertiary/aromatic N) is 2. The van der Waals surface area contributed by atoms with E-state index in [1.165, 1.54) is 0 Å². The van der Waals surface area contributed by atoms with Gasteiger partial charge in [-0.3, -0.25) is 33.7 Å². The maximum Gasteiger partial charge on any atom is 0.289 e. The minimum atomic E-state index is -1.01. The van der Waals surface area contributed by atoms with E-state index in [-0.39, 0.29) is 58.0 Å². The van der Waals surface area contributed by atoms with E-state index in [9.17, 15) is 24.0 Å². The van der Waals surface area contributed by atoms with Gasteiger partial charge in [-0.05, 0) is 94.8 Å². The van der Waals surface area contributed by atoms with Gasteiger partial charge in [0.2, 0.25) is 29.4 Å². The van der Waals surface area contributed by atoms with Gasteiger partial charge in [-0.2, -0.15) is 0 Å². The molecule has 12 nitrogen and oxygen atoms in total. The highest BCUT2D eigenvalue weighted by atomic mass is 16.2. The van der Waals surface area contributed by atoms with Gasteiger partial charge in [0.1, 0.15) is 18.1 Å². The Hall–Kier alpha value is -3.02. The molecule has 0 aromatic carbocycles. The molecule has 0 unspecified atom stereocenters. The summed E-state index contributed by atoms with van der Waals surface area (Å²) in [5.74, 6) is -2.74. The van der Waals surface area contributed by atoms with Gasteiger partial charge in [-0.1, -0.05) is 73.6 Å². The van der Waals surface area contributed by atoms with E-state index in [4.69, 9.17) is 0 Å². The van der Waals surface area contributed by atoms with E-state index in [0.717, 1.165) is 64.3 Å².